The third kappa shape index (κ3) is 3.91. The lowest BCUT2D eigenvalue weighted by atomic mass is 10.1. The van der Waals surface area contributed by atoms with Crippen molar-refractivity contribution in [3.63, 3.8) is 0 Å². The summed E-state index contributed by atoms with van der Waals surface area (Å²) in [6.07, 6.45) is 1.52. The molecule has 2 amide bonds. The van der Waals surface area contributed by atoms with Crippen LogP contribution in [0.2, 0.25) is 0 Å². The first-order chi connectivity index (χ1) is 12.6. The standard InChI is InChI=1S/C20H23N3O3/c1-3-23(17-6-4-5-15(2)13-17)19(24)16-7-8-21-18(14-16)20(25)22-9-11-26-12-10-22/h4-8,13-14H,3,9-12H2,1-2H3. The highest BCUT2D eigenvalue weighted by atomic mass is 16.5. The second-order valence-corrected chi connectivity index (χ2v) is 6.22. The number of morpholine rings is 1. The van der Waals surface area contributed by atoms with Crippen molar-refractivity contribution in [3.8, 4) is 0 Å². The maximum Gasteiger partial charge on any atom is 0.272 e. The fraction of sp³-hybridized carbons (Fsp3) is 0.350. The third-order valence-corrected chi connectivity index (χ3v) is 4.40. The normalized spacial score (nSPS) is 14.2. The monoisotopic (exact) mass is 353 g/mol. The molecule has 1 aromatic carbocycles. The summed E-state index contributed by atoms with van der Waals surface area (Å²) in [6, 6.07) is 11.0. The van der Waals surface area contributed by atoms with Crippen LogP contribution in [0.5, 0.6) is 0 Å². The molecule has 0 atom stereocenters. The van der Waals surface area contributed by atoms with Crippen LogP contribution in [-0.4, -0.2) is 54.5 Å². The van der Waals surface area contributed by atoms with Gasteiger partial charge in [-0.2, -0.15) is 0 Å². The van der Waals surface area contributed by atoms with Crippen molar-refractivity contribution in [1.82, 2.24) is 9.88 Å². The number of nitrogens with zero attached hydrogens (tertiary/aromatic N) is 3. The van der Waals surface area contributed by atoms with Crippen LogP contribution in [-0.2, 0) is 4.74 Å². The second-order valence-electron chi connectivity index (χ2n) is 6.22. The van der Waals surface area contributed by atoms with E-state index in [0.29, 0.717) is 38.4 Å². The quantitative estimate of drug-likeness (QED) is 0.847. The number of carbonyl (C=O) groups is 2. The number of hydrogen-bond acceptors (Lipinski definition) is 4. The minimum Gasteiger partial charge on any atom is -0.378 e. The third-order valence-electron chi connectivity index (χ3n) is 4.40. The Morgan fingerprint density at radius 1 is 1.19 bits per heavy atom. The molecule has 0 bridgehead atoms. The van der Waals surface area contributed by atoms with Crippen LogP contribution in [0.15, 0.2) is 42.6 Å². The molecular weight excluding hydrogens is 330 g/mol. The fourth-order valence-corrected chi connectivity index (χ4v) is 3.00. The molecule has 0 aliphatic carbocycles. The van der Waals surface area contributed by atoms with Gasteiger partial charge in [0.05, 0.1) is 13.2 Å². The van der Waals surface area contributed by atoms with Crippen molar-refractivity contribution in [2.45, 2.75) is 13.8 Å². The van der Waals surface area contributed by atoms with Crippen LogP contribution >= 0.6 is 0 Å². The molecule has 6 heteroatoms. The van der Waals surface area contributed by atoms with Gasteiger partial charge in [-0.15, -0.1) is 0 Å². The van der Waals surface area contributed by atoms with Crippen LogP contribution in [0.1, 0.15) is 33.3 Å². The lowest BCUT2D eigenvalue weighted by Crippen LogP contribution is -2.41. The maximum absolute atomic E-state index is 13.0. The molecule has 1 aliphatic heterocycles. The molecule has 3 rings (SSSR count). The number of pyridine rings is 1. The van der Waals surface area contributed by atoms with Gasteiger partial charge in [0, 0.05) is 37.1 Å². The molecule has 0 radical (unpaired) electrons. The number of amides is 2. The van der Waals surface area contributed by atoms with Crippen LogP contribution < -0.4 is 4.90 Å². The Balaban J connectivity index is 1.84. The highest BCUT2D eigenvalue weighted by Gasteiger charge is 2.22. The topological polar surface area (TPSA) is 62.7 Å². The Morgan fingerprint density at radius 3 is 2.65 bits per heavy atom. The van der Waals surface area contributed by atoms with E-state index < -0.39 is 0 Å². The summed E-state index contributed by atoms with van der Waals surface area (Å²) in [6.45, 7) is 6.61. The maximum atomic E-state index is 13.0. The van der Waals surface area contributed by atoms with Crippen LogP contribution in [0.3, 0.4) is 0 Å². The van der Waals surface area contributed by atoms with E-state index in [1.807, 2.05) is 38.1 Å². The zero-order valence-corrected chi connectivity index (χ0v) is 15.1. The van der Waals surface area contributed by atoms with Crippen molar-refractivity contribution in [2.24, 2.45) is 0 Å². The van der Waals surface area contributed by atoms with Gasteiger partial charge >= 0.3 is 0 Å². The lowest BCUT2D eigenvalue weighted by Gasteiger charge is -2.26. The van der Waals surface area contributed by atoms with E-state index in [-0.39, 0.29) is 17.5 Å². The molecule has 1 saturated heterocycles. The summed E-state index contributed by atoms with van der Waals surface area (Å²) < 4.78 is 5.28. The molecular formula is C20H23N3O3. The number of anilines is 1. The van der Waals surface area contributed by atoms with Gasteiger partial charge in [-0.25, -0.2) is 0 Å². The summed E-state index contributed by atoms with van der Waals surface area (Å²) in [7, 11) is 0. The average molecular weight is 353 g/mol. The van der Waals surface area contributed by atoms with Gasteiger partial charge in [-0.3, -0.25) is 14.6 Å². The molecule has 1 fully saturated rings. The molecule has 0 unspecified atom stereocenters. The largest absolute Gasteiger partial charge is 0.378 e. The van der Waals surface area contributed by atoms with Crippen molar-refractivity contribution in [2.75, 3.05) is 37.7 Å². The molecule has 136 valence electrons. The first-order valence-electron chi connectivity index (χ1n) is 8.81. The molecule has 2 heterocycles. The Hall–Kier alpha value is -2.73. The van der Waals surface area contributed by atoms with Gasteiger partial charge in [-0.05, 0) is 43.7 Å². The lowest BCUT2D eigenvalue weighted by molar-refractivity contribution is 0.0299. The van der Waals surface area contributed by atoms with E-state index in [1.165, 1.54) is 6.20 Å². The van der Waals surface area contributed by atoms with Gasteiger partial charge in [0.25, 0.3) is 11.8 Å². The first kappa shape index (κ1) is 18.1. The summed E-state index contributed by atoms with van der Waals surface area (Å²) in [4.78, 5) is 33.2. The van der Waals surface area contributed by atoms with E-state index in [4.69, 9.17) is 4.74 Å². The van der Waals surface area contributed by atoms with Gasteiger partial charge in [0.1, 0.15) is 5.69 Å². The van der Waals surface area contributed by atoms with Gasteiger partial charge < -0.3 is 14.5 Å². The summed E-state index contributed by atoms with van der Waals surface area (Å²) in [5.74, 6) is -0.307. The SMILES string of the molecule is CCN(C(=O)c1ccnc(C(=O)N2CCOCC2)c1)c1cccc(C)c1. The van der Waals surface area contributed by atoms with Crippen molar-refractivity contribution < 1.29 is 14.3 Å². The van der Waals surface area contributed by atoms with Gasteiger partial charge in [-0.1, -0.05) is 12.1 Å². The van der Waals surface area contributed by atoms with Crippen LogP contribution in [0.4, 0.5) is 5.69 Å². The van der Waals surface area contributed by atoms with E-state index in [9.17, 15) is 9.59 Å². The van der Waals surface area contributed by atoms with Crippen LogP contribution in [0, 0.1) is 6.92 Å². The zero-order chi connectivity index (χ0) is 18.5. The number of carbonyl (C=O) groups excluding carboxylic acids is 2. The van der Waals surface area contributed by atoms with E-state index in [2.05, 4.69) is 4.98 Å². The molecule has 6 nitrogen and oxygen atoms in total. The van der Waals surface area contributed by atoms with Crippen molar-refractivity contribution in [1.29, 1.82) is 0 Å². The molecule has 0 saturated carbocycles. The predicted molar refractivity (Wildman–Crippen MR) is 99.5 cm³/mol. The molecule has 2 aromatic rings. The minimum atomic E-state index is -0.165. The predicted octanol–water partition coefficient (Wildman–Crippen LogP) is 2.53. The first-order valence-corrected chi connectivity index (χ1v) is 8.81. The second kappa shape index (κ2) is 8.10. The van der Waals surface area contributed by atoms with Crippen molar-refractivity contribution >= 4 is 17.5 Å². The van der Waals surface area contributed by atoms with Gasteiger partial charge in [0.2, 0.25) is 0 Å². The Bertz CT molecular complexity index is 800. The molecule has 1 aliphatic rings. The number of aromatic nitrogens is 1. The Labute approximate surface area is 153 Å². The van der Waals surface area contributed by atoms with E-state index in [0.717, 1.165) is 11.3 Å². The smallest absolute Gasteiger partial charge is 0.272 e. The van der Waals surface area contributed by atoms with Crippen LogP contribution in [0.25, 0.3) is 0 Å². The number of hydrogen-bond donors (Lipinski definition) is 0. The number of aryl methyl sites for hydroxylation is 1. The summed E-state index contributed by atoms with van der Waals surface area (Å²) in [5, 5.41) is 0. The zero-order valence-electron chi connectivity index (χ0n) is 15.1. The molecule has 0 spiro atoms. The highest BCUT2D eigenvalue weighted by molar-refractivity contribution is 6.07. The molecule has 0 N–H and O–H groups in total. The molecule has 26 heavy (non-hydrogen) atoms. The minimum absolute atomic E-state index is 0.142. The molecule has 1 aromatic heterocycles. The van der Waals surface area contributed by atoms with Gasteiger partial charge in [0.15, 0.2) is 0 Å². The Kier molecular flexibility index (Phi) is 5.63. The average Bonchev–Trinajstić information content (AvgIpc) is 2.69. The number of ether oxygens (including phenoxy) is 1. The van der Waals surface area contributed by atoms with E-state index >= 15 is 0 Å². The number of rotatable bonds is 4. The van der Waals surface area contributed by atoms with E-state index in [1.54, 1.807) is 21.9 Å². The summed E-state index contributed by atoms with van der Waals surface area (Å²) >= 11 is 0. The fourth-order valence-electron chi connectivity index (χ4n) is 3.00. The van der Waals surface area contributed by atoms with Crippen molar-refractivity contribution in [3.05, 3.63) is 59.4 Å². The highest BCUT2D eigenvalue weighted by Crippen LogP contribution is 2.19. The Morgan fingerprint density at radius 2 is 1.96 bits per heavy atom. The number of benzene rings is 1. The summed E-state index contributed by atoms with van der Waals surface area (Å²) in [5.41, 5.74) is 2.68.